The molecule has 0 saturated heterocycles. The summed E-state index contributed by atoms with van der Waals surface area (Å²) in [6, 6.07) is 9.61. The average Bonchev–Trinajstić information content (AvgIpc) is 3.23. The number of allylic oxidation sites excluding steroid dienone is 1. The molecule has 2 heterocycles. The number of aliphatic hydroxyl groups is 1. The summed E-state index contributed by atoms with van der Waals surface area (Å²) in [6.45, 7) is 1.51. The number of nitrogens with zero attached hydrogens (tertiary/aromatic N) is 2. The van der Waals surface area contributed by atoms with Crippen molar-refractivity contribution in [2.45, 2.75) is 13.0 Å². The number of aliphatic hydroxyl groups excluding tert-OH is 1. The van der Waals surface area contributed by atoms with Crippen LogP contribution in [0.3, 0.4) is 0 Å². The summed E-state index contributed by atoms with van der Waals surface area (Å²) in [5, 5.41) is 21.7. The minimum absolute atomic E-state index is 0.226. The lowest BCUT2D eigenvalue weighted by Crippen LogP contribution is -2.25. The fourth-order valence-corrected chi connectivity index (χ4v) is 3.70. The van der Waals surface area contributed by atoms with E-state index in [1.165, 1.54) is 0 Å². The molecule has 6 nitrogen and oxygen atoms in total. The van der Waals surface area contributed by atoms with E-state index in [0.717, 1.165) is 27.0 Å². The normalized spacial score (nSPS) is 15.1. The third-order valence-corrected chi connectivity index (χ3v) is 5.64. The average molecular weight is 430 g/mol. The second kappa shape index (κ2) is 7.55. The molecule has 1 unspecified atom stereocenters. The Morgan fingerprint density at radius 1 is 1.21 bits per heavy atom. The molecule has 1 atom stereocenters. The zero-order valence-corrected chi connectivity index (χ0v) is 16.9. The van der Waals surface area contributed by atoms with Gasteiger partial charge in [-0.05, 0) is 42.3 Å². The number of aliphatic imine (C=N–C) groups is 1. The molecule has 29 heavy (non-hydrogen) atoms. The van der Waals surface area contributed by atoms with Crippen molar-refractivity contribution in [2.75, 3.05) is 6.61 Å². The number of hydrogen-bond donors (Lipinski definition) is 3. The van der Waals surface area contributed by atoms with Gasteiger partial charge >= 0.3 is 5.69 Å². The highest BCUT2D eigenvalue weighted by molar-refractivity contribution is 6.32. The van der Waals surface area contributed by atoms with Crippen LogP contribution in [0.5, 0.6) is 5.88 Å². The zero-order chi connectivity index (χ0) is 20.7. The molecule has 1 aliphatic heterocycles. The molecule has 2 aromatic carbocycles. The second-order valence-electron chi connectivity index (χ2n) is 6.71. The molecule has 148 valence electrons. The smallest absolute Gasteiger partial charge is 0.329 e. The summed E-state index contributed by atoms with van der Waals surface area (Å²) >= 11 is 12.1. The standard InChI is InChI=1S/C21H17Cl2N3O3/c1-11-16(23)7-6-15-13(9-24-19(11)15)8-17-20(28)26(21(29)25-17)18(10-27)12-2-4-14(22)5-3-12/h2-9,18,27-28H,10H2,1H3,(H,25,29)/b13-8+. The van der Waals surface area contributed by atoms with Crippen LogP contribution in [0.1, 0.15) is 28.4 Å². The molecular weight excluding hydrogens is 413 g/mol. The van der Waals surface area contributed by atoms with E-state index in [4.69, 9.17) is 23.2 Å². The SMILES string of the molecule is Cc1c(Cl)ccc2c1N=C/C2=C\c1[nH]c(=O)n(C(CO)c2ccc(Cl)cc2)c1O. The van der Waals surface area contributed by atoms with Crippen LogP contribution in [-0.4, -0.2) is 32.6 Å². The van der Waals surface area contributed by atoms with Gasteiger partial charge in [-0.2, -0.15) is 0 Å². The van der Waals surface area contributed by atoms with E-state index in [9.17, 15) is 15.0 Å². The first kappa shape index (κ1) is 19.5. The van der Waals surface area contributed by atoms with Crippen molar-refractivity contribution >= 4 is 46.8 Å². The van der Waals surface area contributed by atoms with Gasteiger partial charge in [0.05, 0.1) is 18.3 Å². The lowest BCUT2D eigenvalue weighted by Gasteiger charge is -2.16. The van der Waals surface area contributed by atoms with E-state index in [1.54, 1.807) is 42.6 Å². The summed E-state index contributed by atoms with van der Waals surface area (Å²) < 4.78 is 1.12. The fraction of sp³-hybridized carbons (Fsp3) is 0.143. The molecule has 0 radical (unpaired) electrons. The van der Waals surface area contributed by atoms with Crippen LogP contribution >= 0.6 is 23.2 Å². The van der Waals surface area contributed by atoms with E-state index in [1.807, 2.05) is 13.0 Å². The maximum Gasteiger partial charge on any atom is 0.329 e. The van der Waals surface area contributed by atoms with Gasteiger partial charge in [-0.1, -0.05) is 41.4 Å². The molecule has 1 aliphatic rings. The number of H-pyrrole nitrogens is 1. The van der Waals surface area contributed by atoms with Crippen molar-refractivity contribution < 1.29 is 10.2 Å². The molecule has 3 aromatic rings. The topological polar surface area (TPSA) is 90.6 Å². The Labute approximate surface area is 176 Å². The Kier molecular flexibility index (Phi) is 5.08. The van der Waals surface area contributed by atoms with Crippen molar-refractivity contribution in [3.63, 3.8) is 0 Å². The summed E-state index contributed by atoms with van der Waals surface area (Å²) in [6.07, 6.45) is 3.30. The van der Waals surface area contributed by atoms with Crippen LogP contribution in [0.25, 0.3) is 11.6 Å². The number of rotatable bonds is 4. The summed E-state index contributed by atoms with van der Waals surface area (Å²) in [7, 11) is 0. The Balaban J connectivity index is 1.77. The molecule has 0 saturated carbocycles. The molecule has 3 N–H and O–H groups in total. The number of halogens is 2. The van der Waals surface area contributed by atoms with Crippen LogP contribution in [0, 0.1) is 6.92 Å². The number of benzene rings is 2. The molecule has 1 aromatic heterocycles. The van der Waals surface area contributed by atoms with Gasteiger partial charge in [0, 0.05) is 27.4 Å². The lowest BCUT2D eigenvalue weighted by molar-refractivity contribution is 0.237. The molecule has 0 bridgehead atoms. The van der Waals surface area contributed by atoms with Gasteiger partial charge in [0.1, 0.15) is 5.69 Å². The number of aromatic nitrogens is 2. The summed E-state index contributed by atoms with van der Waals surface area (Å²) in [4.78, 5) is 19.6. The number of imidazole rings is 1. The van der Waals surface area contributed by atoms with Crippen LogP contribution in [0.15, 0.2) is 46.2 Å². The maximum atomic E-state index is 12.5. The Morgan fingerprint density at radius 3 is 2.62 bits per heavy atom. The minimum atomic E-state index is -0.756. The zero-order valence-electron chi connectivity index (χ0n) is 15.4. The summed E-state index contributed by atoms with van der Waals surface area (Å²) in [5.74, 6) is -0.274. The first-order valence-electron chi connectivity index (χ1n) is 8.85. The van der Waals surface area contributed by atoms with Crippen molar-refractivity contribution in [3.8, 4) is 5.88 Å². The predicted molar refractivity (Wildman–Crippen MR) is 116 cm³/mol. The van der Waals surface area contributed by atoms with Crippen LogP contribution in [0.4, 0.5) is 5.69 Å². The Bertz CT molecular complexity index is 1210. The largest absolute Gasteiger partial charge is 0.493 e. The predicted octanol–water partition coefficient (Wildman–Crippen LogP) is 4.34. The monoisotopic (exact) mass is 429 g/mol. The molecule has 4 rings (SSSR count). The quantitative estimate of drug-likeness (QED) is 0.575. The lowest BCUT2D eigenvalue weighted by atomic mass is 10.0. The molecule has 0 amide bonds. The highest BCUT2D eigenvalue weighted by Crippen LogP contribution is 2.39. The van der Waals surface area contributed by atoms with Crippen molar-refractivity contribution in [1.29, 1.82) is 0 Å². The van der Waals surface area contributed by atoms with Gasteiger partial charge in [0.2, 0.25) is 5.88 Å². The minimum Gasteiger partial charge on any atom is -0.493 e. The molecule has 8 heteroatoms. The first-order chi connectivity index (χ1) is 13.9. The van der Waals surface area contributed by atoms with Gasteiger partial charge in [0.25, 0.3) is 0 Å². The van der Waals surface area contributed by atoms with Crippen molar-refractivity contribution in [1.82, 2.24) is 9.55 Å². The van der Waals surface area contributed by atoms with Crippen LogP contribution in [0.2, 0.25) is 10.0 Å². The number of aromatic amines is 1. The highest BCUT2D eigenvalue weighted by Gasteiger charge is 2.23. The molecule has 0 spiro atoms. The molecular formula is C21H17Cl2N3O3. The Morgan fingerprint density at radius 2 is 1.93 bits per heavy atom. The third kappa shape index (κ3) is 3.40. The van der Waals surface area contributed by atoms with E-state index < -0.39 is 11.7 Å². The van der Waals surface area contributed by atoms with Gasteiger partial charge < -0.3 is 15.2 Å². The van der Waals surface area contributed by atoms with Gasteiger partial charge in [-0.25, -0.2) is 4.79 Å². The second-order valence-corrected chi connectivity index (χ2v) is 7.56. The van der Waals surface area contributed by atoms with E-state index in [2.05, 4.69) is 9.98 Å². The van der Waals surface area contributed by atoms with Gasteiger partial charge in [0.15, 0.2) is 0 Å². The third-order valence-electron chi connectivity index (χ3n) is 4.98. The van der Waals surface area contributed by atoms with E-state index in [0.29, 0.717) is 15.6 Å². The van der Waals surface area contributed by atoms with Gasteiger partial charge in [-0.3, -0.25) is 9.56 Å². The van der Waals surface area contributed by atoms with Crippen molar-refractivity contribution in [2.24, 2.45) is 4.99 Å². The fourth-order valence-electron chi connectivity index (χ4n) is 3.42. The first-order valence-corrected chi connectivity index (χ1v) is 9.61. The number of hydrogen-bond acceptors (Lipinski definition) is 4. The summed E-state index contributed by atoms with van der Waals surface area (Å²) in [5.41, 5.74) is 3.55. The maximum absolute atomic E-state index is 12.5. The highest BCUT2D eigenvalue weighted by atomic mass is 35.5. The van der Waals surface area contributed by atoms with Crippen LogP contribution in [-0.2, 0) is 0 Å². The molecule has 0 aliphatic carbocycles. The number of aromatic hydroxyl groups is 1. The van der Waals surface area contributed by atoms with Crippen LogP contribution < -0.4 is 5.69 Å². The Hall–Kier alpha value is -2.80. The number of fused-ring (bicyclic) bond motifs is 1. The van der Waals surface area contributed by atoms with E-state index in [-0.39, 0.29) is 18.2 Å². The van der Waals surface area contributed by atoms with Gasteiger partial charge in [-0.15, -0.1) is 0 Å². The van der Waals surface area contributed by atoms with E-state index >= 15 is 0 Å². The number of nitrogens with one attached hydrogen (secondary N) is 1. The van der Waals surface area contributed by atoms with Crippen molar-refractivity contribution in [3.05, 3.63) is 79.3 Å². The molecule has 0 fully saturated rings.